The molecular formula is C14H19FO9. The lowest BCUT2D eigenvalue weighted by molar-refractivity contribution is -0.235. The van der Waals surface area contributed by atoms with Crippen LogP contribution in [-0.4, -0.2) is 78.9 Å². The molecular weight excluding hydrogens is 331 g/mol. The van der Waals surface area contributed by atoms with Gasteiger partial charge in [-0.05, 0) is 20.8 Å². The molecule has 9 nitrogen and oxygen atoms in total. The second kappa shape index (κ2) is 6.93. The zero-order valence-corrected chi connectivity index (χ0v) is 13.5. The van der Waals surface area contributed by atoms with Gasteiger partial charge in [-0.1, -0.05) is 0 Å². The van der Waals surface area contributed by atoms with E-state index in [1.807, 2.05) is 0 Å². The van der Waals surface area contributed by atoms with Gasteiger partial charge in [-0.15, -0.1) is 0 Å². The Morgan fingerprint density at radius 3 is 1.54 bits per heavy atom. The fourth-order valence-electron chi connectivity index (χ4n) is 2.46. The second-order valence-electron chi connectivity index (χ2n) is 5.39. The summed E-state index contributed by atoms with van der Waals surface area (Å²) < 4.78 is 15.3. The van der Waals surface area contributed by atoms with Gasteiger partial charge in [0.1, 0.15) is 6.10 Å². The fourth-order valence-corrected chi connectivity index (χ4v) is 2.46. The van der Waals surface area contributed by atoms with E-state index in [0.717, 1.165) is 0 Å². The van der Waals surface area contributed by atoms with Crippen LogP contribution in [0.4, 0.5) is 4.39 Å². The standard InChI is InChI=1S/C14H19FO9/c1-6(17)11(22)12(15,7(2)18)14(24,9(4)20)13(23,8(3)19)10(21)5-16/h10,16,21,23-24H,5H2,1-4H3/t10-,12+,13-,14-/m1/s1. The van der Waals surface area contributed by atoms with Gasteiger partial charge >= 0.3 is 0 Å². The molecule has 0 saturated heterocycles. The zero-order valence-electron chi connectivity index (χ0n) is 13.5. The lowest BCUT2D eigenvalue weighted by Gasteiger charge is -2.47. The van der Waals surface area contributed by atoms with Crippen LogP contribution in [0.15, 0.2) is 0 Å². The number of hydrogen-bond acceptors (Lipinski definition) is 9. The summed E-state index contributed by atoms with van der Waals surface area (Å²) in [5.74, 6) is -9.05. The van der Waals surface area contributed by atoms with E-state index in [4.69, 9.17) is 5.11 Å². The first kappa shape index (κ1) is 22.1. The molecule has 0 aromatic rings. The number of aliphatic hydroxyl groups is 4. The van der Waals surface area contributed by atoms with E-state index >= 15 is 4.39 Å². The quantitative estimate of drug-likeness (QED) is 0.258. The van der Waals surface area contributed by atoms with Crippen molar-refractivity contribution in [2.75, 3.05) is 6.61 Å². The molecule has 0 aromatic heterocycles. The van der Waals surface area contributed by atoms with Crippen molar-refractivity contribution in [3.8, 4) is 0 Å². The lowest BCUT2D eigenvalue weighted by atomic mass is 9.62. The van der Waals surface area contributed by atoms with Crippen molar-refractivity contribution >= 4 is 28.9 Å². The molecule has 0 amide bonds. The summed E-state index contributed by atoms with van der Waals surface area (Å²) in [5.41, 5.74) is -12.3. The van der Waals surface area contributed by atoms with Gasteiger partial charge in [-0.3, -0.25) is 24.0 Å². The van der Waals surface area contributed by atoms with E-state index < -0.39 is 58.5 Å². The summed E-state index contributed by atoms with van der Waals surface area (Å²) in [7, 11) is 0. The number of rotatable bonds is 9. The van der Waals surface area contributed by atoms with Crippen LogP contribution in [0, 0.1) is 0 Å². The number of halogens is 1. The summed E-state index contributed by atoms with van der Waals surface area (Å²) in [5, 5.41) is 39.6. The van der Waals surface area contributed by atoms with Crippen molar-refractivity contribution in [3.05, 3.63) is 0 Å². The number of hydrogen-bond donors (Lipinski definition) is 4. The average molecular weight is 350 g/mol. The van der Waals surface area contributed by atoms with Gasteiger partial charge in [0.2, 0.25) is 11.4 Å². The normalized spacial score (nSPS) is 20.0. The highest BCUT2D eigenvalue weighted by Crippen LogP contribution is 2.41. The zero-order chi connectivity index (χ0) is 19.7. The van der Waals surface area contributed by atoms with Crippen molar-refractivity contribution in [1.29, 1.82) is 0 Å². The maximum atomic E-state index is 15.3. The molecule has 0 aromatic carbocycles. The first-order valence-corrected chi connectivity index (χ1v) is 6.68. The van der Waals surface area contributed by atoms with Gasteiger partial charge in [-0.25, -0.2) is 4.39 Å². The third-order valence-corrected chi connectivity index (χ3v) is 3.87. The molecule has 0 bridgehead atoms. The topological polar surface area (TPSA) is 166 Å². The highest BCUT2D eigenvalue weighted by molar-refractivity contribution is 6.45. The number of aliphatic hydroxyl groups excluding tert-OH is 2. The number of ketones is 5. The smallest absolute Gasteiger partial charge is 0.272 e. The predicted octanol–water partition coefficient (Wildman–Crippen LogP) is -2.56. The molecule has 4 N–H and O–H groups in total. The van der Waals surface area contributed by atoms with Crippen LogP contribution in [0.25, 0.3) is 0 Å². The summed E-state index contributed by atoms with van der Waals surface area (Å²) >= 11 is 0. The van der Waals surface area contributed by atoms with E-state index in [2.05, 4.69) is 0 Å². The molecule has 0 rings (SSSR count). The van der Waals surface area contributed by atoms with Crippen molar-refractivity contribution in [2.45, 2.75) is 50.7 Å². The van der Waals surface area contributed by atoms with Crippen LogP contribution in [0.5, 0.6) is 0 Å². The summed E-state index contributed by atoms with van der Waals surface area (Å²) in [4.78, 5) is 58.6. The predicted molar refractivity (Wildman–Crippen MR) is 74.6 cm³/mol. The Kier molecular flexibility index (Phi) is 6.39. The Bertz CT molecular complexity index is 601. The first-order chi connectivity index (χ1) is 10.7. The van der Waals surface area contributed by atoms with Crippen LogP contribution in [0.1, 0.15) is 27.7 Å². The molecule has 0 aliphatic carbocycles. The second-order valence-corrected chi connectivity index (χ2v) is 5.39. The largest absolute Gasteiger partial charge is 0.394 e. The first-order valence-electron chi connectivity index (χ1n) is 6.68. The van der Waals surface area contributed by atoms with Gasteiger partial charge < -0.3 is 20.4 Å². The van der Waals surface area contributed by atoms with Crippen molar-refractivity contribution in [2.24, 2.45) is 0 Å². The molecule has 10 heteroatoms. The van der Waals surface area contributed by atoms with Gasteiger partial charge in [0, 0.05) is 6.92 Å². The molecule has 0 heterocycles. The molecule has 4 atom stereocenters. The van der Waals surface area contributed by atoms with Crippen molar-refractivity contribution < 1.29 is 48.8 Å². The number of Topliss-reactive ketones (excluding diaryl/α,β-unsaturated/α-hetero) is 5. The van der Waals surface area contributed by atoms with Gasteiger partial charge in [0.25, 0.3) is 5.67 Å². The Labute approximate surface area is 136 Å². The van der Waals surface area contributed by atoms with Crippen LogP contribution >= 0.6 is 0 Å². The van der Waals surface area contributed by atoms with Crippen LogP contribution in [0.2, 0.25) is 0 Å². The van der Waals surface area contributed by atoms with Gasteiger partial charge in [0.15, 0.2) is 28.7 Å². The molecule has 0 fully saturated rings. The van der Waals surface area contributed by atoms with Crippen LogP contribution < -0.4 is 0 Å². The third kappa shape index (κ3) is 2.71. The highest BCUT2D eigenvalue weighted by Gasteiger charge is 2.76. The lowest BCUT2D eigenvalue weighted by Crippen LogP contribution is -2.80. The Balaban J connectivity index is 7.11. The molecule has 0 spiro atoms. The van der Waals surface area contributed by atoms with E-state index in [1.54, 1.807) is 0 Å². The van der Waals surface area contributed by atoms with Crippen molar-refractivity contribution in [1.82, 2.24) is 0 Å². The van der Waals surface area contributed by atoms with E-state index in [1.165, 1.54) is 0 Å². The minimum Gasteiger partial charge on any atom is -0.394 e. The monoisotopic (exact) mass is 350 g/mol. The number of carbonyl (C=O) groups excluding carboxylic acids is 5. The van der Waals surface area contributed by atoms with Gasteiger partial charge in [0.05, 0.1) is 6.61 Å². The van der Waals surface area contributed by atoms with E-state index in [0.29, 0.717) is 27.7 Å². The summed E-state index contributed by atoms with van der Waals surface area (Å²) in [6.07, 6.45) is -2.64. The number of carbonyl (C=O) groups is 5. The average Bonchev–Trinajstić information content (AvgIpc) is 2.49. The molecule has 0 aliphatic heterocycles. The highest BCUT2D eigenvalue weighted by atomic mass is 19.1. The van der Waals surface area contributed by atoms with E-state index in [9.17, 15) is 39.3 Å². The molecule has 136 valence electrons. The Hall–Kier alpha value is -1.88. The minimum atomic E-state index is -4.36. The Morgan fingerprint density at radius 1 is 0.917 bits per heavy atom. The van der Waals surface area contributed by atoms with Gasteiger partial charge in [-0.2, -0.15) is 0 Å². The maximum absolute atomic E-state index is 15.3. The summed E-state index contributed by atoms with van der Waals surface area (Å²) in [6, 6.07) is 0. The molecule has 0 aliphatic rings. The third-order valence-electron chi connectivity index (χ3n) is 3.87. The SMILES string of the molecule is CC(=O)C(=O)[C@@](F)(C(C)=O)[C@](O)(C(C)=O)[C@@](O)(C(C)=O)[C@H](O)CO. The van der Waals surface area contributed by atoms with E-state index in [-0.39, 0.29) is 0 Å². The van der Waals surface area contributed by atoms with Crippen LogP contribution in [-0.2, 0) is 24.0 Å². The molecule has 0 saturated carbocycles. The minimum absolute atomic E-state index is 0.403. The molecule has 0 radical (unpaired) electrons. The van der Waals surface area contributed by atoms with Crippen LogP contribution in [0.3, 0.4) is 0 Å². The summed E-state index contributed by atoms with van der Waals surface area (Å²) in [6.45, 7) is 0.457. The maximum Gasteiger partial charge on any atom is 0.272 e. The van der Waals surface area contributed by atoms with Crippen molar-refractivity contribution in [3.63, 3.8) is 0 Å². The molecule has 0 unspecified atom stereocenters. The fraction of sp³-hybridized carbons (Fsp3) is 0.643. The Morgan fingerprint density at radius 2 is 1.33 bits per heavy atom. The molecule has 24 heavy (non-hydrogen) atoms. The number of alkyl halides is 1.